The topological polar surface area (TPSA) is 87.5 Å². The minimum absolute atomic E-state index is 0.0247. The van der Waals surface area contributed by atoms with E-state index in [0.29, 0.717) is 22.5 Å². The van der Waals surface area contributed by atoms with Crippen LogP contribution in [0.1, 0.15) is 17.8 Å². The lowest BCUT2D eigenvalue weighted by Crippen LogP contribution is -2.22. The summed E-state index contributed by atoms with van der Waals surface area (Å²) in [7, 11) is 4.34. The van der Waals surface area contributed by atoms with Gasteiger partial charge in [-0.3, -0.25) is 4.79 Å². The number of aryl methyl sites for hydroxylation is 2. The van der Waals surface area contributed by atoms with E-state index >= 15 is 0 Å². The lowest BCUT2D eigenvalue weighted by atomic mass is 10.1. The van der Waals surface area contributed by atoms with E-state index in [0.717, 1.165) is 16.4 Å². The Hall–Kier alpha value is -3.12. The third kappa shape index (κ3) is 5.17. The molecule has 0 radical (unpaired) electrons. The summed E-state index contributed by atoms with van der Waals surface area (Å²) in [5.41, 5.74) is 0.814. The summed E-state index contributed by atoms with van der Waals surface area (Å²) in [6.45, 7) is 0. The van der Waals surface area contributed by atoms with Crippen molar-refractivity contribution in [2.24, 2.45) is 7.05 Å². The van der Waals surface area contributed by atoms with Crippen molar-refractivity contribution in [1.29, 1.82) is 0 Å². The quantitative estimate of drug-likeness (QED) is 0.540. The predicted octanol–water partition coefficient (Wildman–Crippen LogP) is 3.48. The Bertz CT molecular complexity index is 1330. The van der Waals surface area contributed by atoms with Crippen LogP contribution in [0.4, 0.5) is 24.5 Å². The number of anilines is 2. The number of halogens is 3. The summed E-state index contributed by atoms with van der Waals surface area (Å²) in [4.78, 5) is 18.8. The van der Waals surface area contributed by atoms with Crippen molar-refractivity contribution in [3.63, 3.8) is 0 Å². The Morgan fingerprint density at radius 2 is 1.76 bits per heavy atom. The molecule has 3 rings (SSSR count). The van der Waals surface area contributed by atoms with Gasteiger partial charge in [-0.15, -0.1) is 0 Å². The summed E-state index contributed by atoms with van der Waals surface area (Å²) in [5.74, 6) is 0.0757. The molecule has 0 fully saturated rings. The molecule has 8 nitrogen and oxygen atoms in total. The number of rotatable bonds is 7. The average molecular weight is 498 g/mol. The molecule has 0 aliphatic carbocycles. The van der Waals surface area contributed by atoms with E-state index < -0.39 is 27.7 Å². The van der Waals surface area contributed by atoms with Gasteiger partial charge in [-0.1, -0.05) is 0 Å². The number of amides is 1. The molecule has 1 heterocycles. The molecule has 2 aromatic carbocycles. The van der Waals surface area contributed by atoms with Crippen molar-refractivity contribution in [2.45, 2.75) is 23.9 Å². The fraction of sp³-hybridized carbons (Fsp3) is 0.364. The second kappa shape index (κ2) is 9.26. The first-order valence-electron chi connectivity index (χ1n) is 10.3. The van der Waals surface area contributed by atoms with Crippen LogP contribution in [0.5, 0.6) is 0 Å². The molecule has 0 saturated heterocycles. The lowest BCUT2D eigenvalue weighted by molar-refractivity contribution is -0.137. The Kier molecular flexibility index (Phi) is 6.94. The Morgan fingerprint density at radius 3 is 2.35 bits per heavy atom. The van der Waals surface area contributed by atoms with Gasteiger partial charge < -0.3 is 14.8 Å². The van der Waals surface area contributed by atoms with E-state index in [-0.39, 0.29) is 23.4 Å². The Labute approximate surface area is 196 Å². The summed E-state index contributed by atoms with van der Waals surface area (Å²) >= 11 is 0. The van der Waals surface area contributed by atoms with Crippen molar-refractivity contribution in [3.8, 4) is 0 Å². The molecule has 0 aliphatic heterocycles. The van der Waals surface area contributed by atoms with Crippen LogP contribution < -0.4 is 10.2 Å². The van der Waals surface area contributed by atoms with Gasteiger partial charge in [0.25, 0.3) is 0 Å². The Morgan fingerprint density at radius 1 is 1.09 bits per heavy atom. The zero-order valence-corrected chi connectivity index (χ0v) is 20.3. The number of sulfonamides is 1. The number of hydrogen-bond acceptors (Lipinski definition) is 5. The zero-order chi connectivity index (χ0) is 25.4. The number of benzene rings is 2. The SMILES string of the molecule is CN(C)c1ccc(C(F)(F)F)cc1NC(=O)CCc1nc2cc(S(=O)(=O)N(C)C)ccc2n1C. The molecule has 12 heteroatoms. The zero-order valence-electron chi connectivity index (χ0n) is 19.4. The third-order valence-corrected chi connectivity index (χ3v) is 7.19. The molecule has 1 N–H and O–H groups in total. The van der Waals surface area contributed by atoms with Crippen LogP contribution in [-0.2, 0) is 34.5 Å². The fourth-order valence-electron chi connectivity index (χ4n) is 3.46. The molecule has 1 amide bonds. The van der Waals surface area contributed by atoms with Gasteiger partial charge in [-0.2, -0.15) is 13.2 Å². The number of imidazole rings is 1. The number of nitrogens with one attached hydrogen (secondary N) is 1. The first-order chi connectivity index (χ1) is 15.7. The predicted molar refractivity (Wildman–Crippen MR) is 124 cm³/mol. The van der Waals surface area contributed by atoms with Crippen LogP contribution in [0.15, 0.2) is 41.3 Å². The average Bonchev–Trinajstić information content (AvgIpc) is 3.06. The minimum Gasteiger partial charge on any atom is -0.376 e. The number of fused-ring (bicyclic) bond motifs is 1. The van der Waals surface area contributed by atoms with Crippen LogP contribution in [0, 0.1) is 0 Å². The van der Waals surface area contributed by atoms with E-state index in [2.05, 4.69) is 10.3 Å². The number of aromatic nitrogens is 2. The minimum atomic E-state index is -4.53. The molecule has 3 aromatic rings. The summed E-state index contributed by atoms with van der Waals surface area (Å²) < 4.78 is 67.0. The van der Waals surface area contributed by atoms with Crippen LogP contribution in [0.2, 0.25) is 0 Å². The molecule has 1 aromatic heterocycles. The van der Waals surface area contributed by atoms with E-state index in [1.165, 1.54) is 32.3 Å². The largest absolute Gasteiger partial charge is 0.416 e. The normalized spacial score (nSPS) is 12.4. The van der Waals surface area contributed by atoms with Gasteiger partial charge in [-0.05, 0) is 36.4 Å². The molecule has 184 valence electrons. The number of nitrogens with zero attached hydrogens (tertiary/aromatic N) is 4. The van der Waals surface area contributed by atoms with Gasteiger partial charge in [0.05, 0.1) is 32.9 Å². The maximum absolute atomic E-state index is 13.1. The van der Waals surface area contributed by atoms with E-state index in [1.807, 2.05) is 0 Å². The highest BCUT2D eigenvalue weighted by Crippen LogP contribution is 2.35. The summed E-state index contributed by atoms with van der Waals surface area (Å²) in [5, 5.41) is 2.57. The van der Waals surface area contributed by atoms with Gasteiger partial charge in [0.1, 0.15) is 5.82 Å². The number of hydrogen-bond donors (Lipinski definition) is 1. The Balaban J connectivity index is 1.80. The van der Waals surface area contributed by atoms with Gasteiger partial charge >= 0.3 is 6.18 Å². The molecule has 0 bridgehead atoms. The molecule has 0 aliphatic rings. The molecular formula is C22H26F3N5O3S. The van der Waals surface area contributed by atoms with E-state index in [4.69, 9.17) is 0 Å². The first kappa shape index (κ1) is 25.5. The van der Waals surface area contributed by atoms with Gasteiger partial charge in [0.15, 0.2) is 0 Å². The van der Waals surface area contributed by atoms with Crippen LogP contribution in [0.3, 0.4) is 0 Å². The van der Waals surface area contributed by atoms with Crippen molar-refractivity contribution in [2.75, 3.05) is 38.4 Å². The van der Waals surface area contributed by atoms with Crippen LogP contribution in [-0.4, -0.2) is 56.4 Å². The molecule has 0 saturated carbocycles. The van der Waals surface area contributed by atoms with E-state index in [9.17, 15) is 26.4 Å². The highest BCUT2D eigenvalue weighted by atomic mass is 32.2. The molecular weight excluding hydrogens is 471 g/mol. The van der Waals surface area contributed by atoms with Gasteiger partial charge in [0, 0.05) is 48.1 Å². The van der Waals surface area contributed by atoms with Gasteiger partial charge in [-0.25, -0.2) is 17.7 Å². The fourth-order valence-corrected chi connectivity index (χ4v) is 4.39. The van der Waals surface area contributed by atoms with Gasteiger partial charge in [0.2, 0.25) is 15.9 Å². The molecule has 0 atom stereocenters. The van der Waals surface area contributed by atoms with E-state index in [1.54, 1.807) is 36.7 Å². The standard InChI is InChI=1S/C22H26F3N5O3S/c1-28(2)18-8-6-14(22(23,24)25)12-16(18)27-21(31)11-10-20-26-17-13-15(34(32,33)29(3)4)7-9-19(17)30(20)5/h6-9,12-13H,10-11H2,1-5H3,(H,27,31). The number of alkyl halides is 3. The van der Waals surface area contributed by atoms with Crippen LogP contribution in [0.25, 0.3) is 11.0 Å². The molecule has 34 heavy (non-hydrogen) atoms. The van der Waals surface area contributed by atoms with Crippen molar-refractivity contribution in [3.05, 3.63) is 47.8 Å². The molecule has 0 unspecified atom stereocenters. The first-order valence-corrected chi connectivity index (χ1v) is 11.7. The monoisotopic (exact) mass is 497 g/mol. The number of carbonyl (C=O) groups is 1. The summed E-state index contributed by atoms with van der Waals surface area (Å²) in [6, 6.07) is 7.80. The van der Waals surface area contributed by atoms with Crippen LogP contribution >= 0.6 is 0 Å². The smallest absolute Gasteiger partial charge is 0.376 e. The maximum Gasteiger partial charge on any atom is 0.416 e. The lowest BCUT2D eigenvalue weighted by Gasteiger charge is -2.19. The second-order valence-corrected chi connectivity index (χ2v) is 10.3. The van der Waals surface area contributed by atoms with Crippen molar-refractivity contribution in [1.82, 2.24) is 13.9 Å². The van der Waals surface area contributed by atoms with Crippen molar-refractivity contribution >= 4 is 38.3 Å². The van der Waals surface area contributed by atoms with Crippen molar-refractivity contribution < 1.29 is 26.4 Å². The highest BCUT2D eigenvalue weighted by Gasteiger charge is 2.31. The second-order valence-electron chi connectivity index (χ2n) is 8.20. The molecule has 0 spiro atoms. The number of carbonyl (C=O) groups excluding carboxylic acids is 1. The maximum atomic E-state index is 13.1. The summed E-state index contributed by atoms with van der Waals surface area (Å²) in [6.07, 6.45) is -4.34. The highest BCUT2D eigenvalue weighted by molar-refractivity contribution is 7.89. The third-order valence-electron chi connectivity index (χ3n) is 5.38.